The van der Waals surface area contributed by atoms with Crippen LogP contribution in [0.4, 0.5) is 0 Å². The third-order valence-corrected chi connectivity index (χ3v) is 7.28. The van der Waals surface area contributed by atoms with E-state index in [9.17, 15) is 13.2 Å². The molecule has 2 aromatic rings. The van der Waals surface area contributed by atoms with Crippen LogP contribution in [0.2, 0.25) is 0 Å². The molecule has 8 nitrogen and oxygen atoms in total. The molecule has 3 heterocycles. The molecule has 27 heavy (non-hydrogen) atoms. The zero-order valence-corrected chi connectivity index (χ0v) is 17.0. The number of aromatic amines is 1. The summed E-state index contributed by atoms with van der Waals surface area (Å²) in [4.78, 5) is 22.9. The average molecular weight is 410 g/mol. The number of carbonyl (C=O) groups is 1. The van der Waals surface area contributed by atoms with Gasteiger partial charge >= 0.3 is 0 Å². The minimum absolute atomic E-state index is 0.00378. The van der Waals surface area contributed by atoms with Crippen molar-refractivity contribution in [3.05, 3.63) is 24.5 Å². The highest BCUT2D eigenvalue weighted by atomic mass is 32.2. The van der Waals surface area contributed by atoms with Crippen LogP contribution in [0.1, 0.15) is 26.7 Å². The van der Waals surface area contributed by atoms with Crippen LogP contribution < -0.4 is 0 Å². The summed E-state index contributed by atoms with van der Waals surface area (Å²) in [6.45, 7) is 3.96. The van der Waals surface area contributed by atoms with Gasteiger partial charge in [-0.15, -0.1) is 5.10 Å². The summed E-state index contributed by atoms with van der Waals surface area (Å²) in [6.07, 6.45) is 4.64. The van der Waals surface area contributed by atoms with Gasteiger partial charge in [0, 0.05) is 30.0 Å². The van der Waals surface area contributed by atoms with E-state index in [1.54, 1.807) is 17.3 Å². The van der Waals surface area contributed by atoms with Crippen molar-refractivity contribution in [1.82, 2.24) is 25.1 Å². The topological polar surface area (TPSA) is 109 Å². The Labute approximate surface area is 163 Å². The highest BCUT2D eigenvalue weighted by molar-refractivity contribution is 7.99. The third-order valence-electron chi connectivity index (χ3n) is 4.70. The Balaban J connectivity index is 1.65. The minimum Gasteiger partial charge on any atom is -0.335 e. The van der Waals surface area contributed by atoms with Gasteiger partial charge in [0.15, 0.2) is 15.7 Å². The van der Waals surface area contributed by atoms with E-state index in [0.717, 1.165) is 12.0 Å². The zero-order chi connectivity index (χ0) is 19.4. The van der Waals surface area contributed by atoms with Gasteiger partial charge in [0.1, 0.15) is 0 Å². The Bertz CT molecular complexity index is 885. The lowest BCUT2D eigenvalue weighted by molar-refractivity contribution is -0.132. The quantitative estimate of drug-likeness (QED) is 0.694. The summed E-state index contributed by atoms with van der Waals surface area (Å²) >= 11 is 1.25. The molecule has 0 aliphatic carbocycles. The molecule has 1 saturated heterocycles. The fourth-order valence-corrected chi connectivity index (χ4v) is 5.53. The maximum Gasteiger partial charge on any atom is 0.233 e. The lowest BCUT2D eigenvalue weighted by Gasteiger charge is -2.33. The van der Waals surface area contributed by atoms with Crippen molar-refractivity contribution in [3.63, 3.8) is 0 Å². The maximum atomic E-state index is 12.8. The summed E-state index contributed by atoms with van der Waals surface area (Å²) in [5, 5.41) is 7.49. The number of nitrogens with one attached hydrogen (secondary N) is 1. The Morgan fingerprint density at radius 2 is 2.15 bits per heavy atom. The molecule has 0 aromatic carbocycles. The van der Waals surface area contributed by atoms with Crippen molar-refractivity contribution in [2.75, 3.05) is 17.3 Å². The number of carbonyl (C=O) groups excluding carboxylic acids is 1. The molecule has 2 atom stereocenters. The molecule has 1 aliphatic rings. The van der Waals surface area contributed by atoms with E-state index in [4.69, 9.17) is 0 Å². The second-order valence-corrected chi connectivity index (χ2v) is 9.78. The first-order valence-corrected chi connectivity index (χ1v) is 11.7. The molecule has 1 aliphatic heterocycles. The number of nitrogens with zero attached hydrogens (tertiary/aromatic N) is 4. The number of sulfone groups is 1. The fourth-order valence-electron chi connectivity index (χ4n) is 3.15. The van der Waals surface area contributed by atoms with Gasteiger partial charge in [0.25, 0.3) is 0 Å². The number of H-pyrrole nitrogens is 1. The van der Waals surface area contributed by atoms with E-state index < -0.39 is 9.84 Å². The van der Waals surface area contributed by atoms with Crippen LogP contribution in [0, 0.1) is 0 Å². The number of amides is 1. The van der Waals surface area contributed by atoms with E-state index in [1.165, 1.54) is 11.8 Å². The Hall–Kier alpha value is -1.94. The standard InChI is InChI=1S/C17H23N5O3S2/c1-3-12(2)22(14-6-9-27(24,25)11-14)15(23)10-26-17-19-16(20-21-17)13-4-7-18-8-5-13/h4-5,7-8,12,14H,3,6,9-11H2,1-2H3,(H,19,20,21)/t12-,14-/m0/s1. The van der Waals surface area contributed by atoms with Crippen molar-refractivity contribution in [3.8, 4) is 11.4 Å². The van der Waals surface area contributed by atoms with E-state index in [2.05, 4.69) is 20.2 Å². The molecule has 1 amide bonds. The largest absolute Gasteiger partial charge is 0.335 e. The predicted molar refractivity (Wildman–Crippen MR) is 104 cm³/mol. The molecule has 2 aromatic heterocycles. The summed E-state index contributed by atoms with van der Waals surface area (Å²) in [6, 6.07) is 3.41. The molecule has 0 unspecified atom stereocenters. The Morgan fingerprint density at radius 3 is 2.78 bits per heavy atom. The van der Waals surface area contributed by atoms with Gasteiger partial charge in [0.05, 0.1) is 17.3 Å². The van der Waals surface area contributed by atoms with Crippen LogP contribution in [0.3, 0.4) is 0 Å². The van der Waals surface area contributed by atoms with Crippen LogP contribution in [-0.4, -0.2) is 68.7 Å². The number of hydrogen-bond acceptors (Lipinski definition) is 7. The first kappa shape index (κ1) is 19.8. The Kier molecular flexibility index (Phi) is 6.15. The summed E-state index contributed by atoms with van der Waals surface area (Å²) in [5.74, 6) is 0.927. The third kappa shape index (κ3) is 4.86. The number of rotatable bonds is 7. The predicted octanol–water partition coefficient (Wildman–Crippen LogP) is 1.77. The first-order chi connectivity index (χ1) is 12.9. The monoisotopic (exact) mass is 409 g/mol. The highest BCUT2D eigenvalue weighted by Gasteiger charge is 2.36. The molecule has 1 N–H and O–H groups in total. The first-order valence-electron chi connectivity index (χ1n) is 8.87. The number of pyridine rings is 1. The van der Waals surface area contributed by atoms with E-state index >= 15 is 0 Å². The van der Waals surface area contributed by atoms with Gasteiger partial charge in [-0.3, -0.25) is 14.9 Å². The van der Waals surface area contributed by atoms with Gasteiger partial charge in [-0.1, -0.05) is 18.7 Å². The summed E-state index contributed by atoms with van der Waals surface area (Å²) in [7, 11) is -3.05. The number of thioether (sulfide) groups is 1. The molecule has 146 valence electrons. The van der Waals surface area contributed by atoms with E-state index in [0.29, 0.717) is 17.4 Å². The van der Waals surface area contributed by atoms with Gasteiger partial charge in [0.2, 0.25) is 11.1 Å². The smallest absolute Gasteiger partial charge is 0.233 e. The van der Waals surface area contributed by atoms with Gasteiger partial charge < -0.3 is 4.90 Å². The van der Waals surface area contributed by atoms with Gasteiger partial charge in [-0.05, 0) is 31.9 Å². The van der Waals surface area contributed by atoms with Crippen molar-refractivity contribution < 1.29 is 13.2 Å². The summed E-state index contributed by atoms with van der Waals surface area (Å²) < 4.78 is 23.6. The van der Waals surface area contributed by atoms with E-state index in [-0.39, 0.29) is 35.2 Å². The van der Waals surface area contributed by atoms with Crippen LogP contribution in [0.25, 0.3) is 11.4 Å². The van der Waals surface area contributed by atoms with Crippen molar-refractivity contribution >= 4 is 27.5 Å². The Morgan fingerprint density at radius 1 is 1.41 bits per heavy atom. The minimum atomic E-state index is -3.05. The number of aromatic nitrogens is 4. The molecule has 0 saturated carbocycles. The second kappa shape index (κ2) is 8.39. The summed E-state index contributed by atoms with van der Waals surface area (Å²) in [5.41, 5.74) is 0.869. The van der Waals surface area contributed by atoms with Crippen molar-refractivity contribution in [2.24, 2.45) is 0 Å². The highest BCUT2D eigenvalue weighted by Crippen LogP contribution is 2.24. The van der Waals surface area contributed by atoms with Gasteiger partial charge in [-0.2, -0.15) is 0 Å². The molecule has 0 spiro atoms. The zero-order valence-electron chi connectivity index (χ0n) is 15.3. The van der Waals surface area contributed by atoms with Crippen molar-refractivity contribution in [1.29, 1.82) is 0 Å². The SMILES string of the molecule is CC[C@H](C)N(C(=O)CSc1n[nH]c(-c2ccncc2)n1)[C@H]1CCS(=O)(=O)C1. The lowest BCUT2D eigenvalue weighted by Crippen LogP contribution is -2.47. The molecule has 10 heteroatoms. The molecule has 0 radical (unpaired) electrons. The van der Waals surface area contributed by atoms with Crippen LogP contribution in [0.5, 0.6) is 0 Å². The molecule has 3 rings (SSSR count). The molecule has 0 bridgehead atoms. The van der Waals surface area contributed by atoms with Gasteiger partial charge in [-0.25, -0.2) is 13.4 Å². The average Bonchev–Trinajstić information content (AvgIpc) is 3.27. The van der Waals surface area contributed by atoms with Crippen molar-refractivity contribution in [2.45, 2.75) is 43.9 Å². The fraction of sp³-hybridized carbons (Fsp3) is 0.529. The van der Waals surface area contributed by atoms with E-state index in [1.807, 2.05) is 26.0 Å². The number of hydrogen-bond donors (Lipinski definition) is 1. The second-order valence-electron chi connectivity index (χ2n) is 6.61. The normalized spacial score (nSPS) is 19.7. The van der Waals surface area contributed by atoms with Crippen LogP contribution in [0.15, 0.2) is 29.7 Å². The maximum absolute atomic E-state index is 12.8. The molecular formula is C17H23N5O3S2. The lowest BCUT2D eigenvalue weighted by atomic mass is 10.1. The molecule has 1 fully saturated rings. The van der Waals surface area contributed by atoms with Crippen LogP contribution in [-0.2, 0) is 14.6 Å². The van der Waals surface area contributed by atoms with Crippen LogP contribution >= 0.6 is 11.8 Å². The molecular weight excluding hydrogens is 386 g/mol.